The van der Waals surface area contributed by atoms with Crippen molar-refractivity contribution in [2.45, 2.75) is 12.8 Å². The summed E-state index contributed by atoms with van der Waals surface area (Å²) >= 11 is 0. The third-order valence-corrected chi connectivity index (χ3v) is 3.91. The summed E-state index contributed by atoms with van der Waals surface area (Å²) in [4.78, 5) is 16.3. The zero-order valence-electron chi connectivity index (χ0n) is 14.5. The Bertz CT molecular complexity index is 889. The van der Waals surface area contributed by atoms with Crippen LogP contribution in [0.25, 0.3) is 6.08 Å². The summed E-state index contributed by atoms with van der Waals surface area (Å²) < 4.78 is 28.9. The lowest BCUT2D eigenvalue weighted by atomic mass is 10.1. The van der Waals surface area contributed by atoms with Crippen molar-refractivity contribution in [1.82, 2.24) is 0 Å². The molecule has 2 aromatic rings. The standard InChI is InChI=1S/C20H18FNO4/c1-24-16-7-8-18(25-2)14(11-16)12-17-20(23)26-19(22-17)9-6-13-4-3-5-15(21)10-13/h3-5,7-8,10-12H,6,9H2,1-2H3/b17-12-. The number of hydrogen-bond donors (Lipinski definition) is 0. The lowest BCUT2D eigenvalue weighted by Crippen LogP contribution is -2.05. The first-order chi connectivity index (χ1) is 12.6. The maximum atomic E-state index is 13.2. The molecule has 26 heavy (non-hydrogen) atoms. The maximum absolute atomic E-state index is 13.2. The van der Waals surface area contributed by atoms with E-state index in [4.69, 9.17) is 14.2 Å². The van der Waals surface area contributed by atoms with Gasteiger partial charge in [0.15, 0.2) is 11.6 Å². The monoisotopic (exact) mass is 355 g/mol. The molecule has 0 N–H and O–H groups in total. The highest BCUT2D eigenvalue weighted by Gasteiger charge is 2.23. The lowest BCUT2D eigenvalue weighted by molar-refractivity contribution is -0.130. The quantitative estimate of drug-likeness (QED) is 0.585. The number of ether oxygens (including phenoxy) is 3. The predicted molar refractivity (Wildman–Crippen MR) is 95.8 cm³/mol. The van der Waals surface area contributed by atoms with E-state index in [1.807, 2.05) is 6.07 Å². The van der Waals surface area contributed by atoms with Crippen molar-refractivity contribution < 1.29 is 23.4 Å². The van der Waals surface area contributed by atoms with Crippen LogP contribution in [-0.2, 0) is 16.0 Å². The molecule has 0 unspecified atom stereocenters. The molecule has 1 aliphatic heterocycles. The van der Waals surface area contributed by atoms with E-state index >= 15 is 0 Å². The Kier molecular flexibility index (Phi) is 5.31. The van der Waals surface area contributed by atoms with E-state index in [2.05, 4.69) is 4.99 Å². The van der Waals surface area contributed by atoms with Crippen LogP contribution >= 0.6 is 0 Å². The van der Waals surface area contributed by atoms with Gasteiger partial charge in [-0.2, -0.15) is 0 Å². The van der Waals surface area contributed by atoms with Gasteiger partial charge in [-0.3, -0.25) is 0 Å². The minimum atomic E-state index is -0.524. The van der Waals surface area contributed by atoms with Gasteiger partial charge in [0.2, 0.25) is 0 Å². The number of methoxy groups -OCH3 is 2. The molecular weight excluding hydrogens is 337 g/mol. The number of hydrogen-bond acceptors (Lipinski definition) is 5. The highest BCUT2D eigenvalue weighted by molar-refractivity contribution is 6.07. The molecule has 2 aromatic carbocycles. The van der Waals surface area contributed by atoms with Gasteiger partial charge in [-0.15, -0.1) is 0 Å². The second-order valence-electron chi connectivity index (χ2n) is 5.66. The van der Waals surface area contributed by atoms with Crippen molar-refractivity contribution in [2.24, 2.45) is 4.99 Å². The first-order valence-corrected chi connectivity index (χ1v) is 8.07. The van der Waals surface area contributed by atoms with E-state index in [-0.39, 0.29) is 11.5 Å². The molecule has 5 nitrogen and oxygen atoms in total. The molecule has 0 atom stereocenters. The van der Waals surface area contributed by atoms with Gasteiger partial charge in [0.05, 0.1) is 14.2 Å². The number of carbonyl (C=O) groups is 1. The fourth-order valence-electron chi connectivity index (χ4n) is 2.60. The van der Waals surface area contributed by atoms with Crippen molar-refractivity contribution in [2.75, 3.05) is 14.2 Å². The summed E-state index contributed by atoms with van der Waals surface area (Å²) in [7, 11) is 3.11. The Morgan fingerprint density at radius 1 is 1.12 bits per heavy atom. The smallest absolute Gasteiger partial charge is 0.363 e. The third kappa shape index (κ3) is 4.08. The minimum Gasteiger partial charge on any atom is -0.497 e. The summed E-state index contributed by atoms with van der Waals surface area (Å²) in [6.45, 7) is 0. The van der Waals surface area contributed by atoms with Crippen molar-refractivity contribution in [1.29, 1.82) is 0 Å². The molecule has 6 heteroatoms. The molecule has 0 aromatic heterocycles. The number of cyclic esters (lactones) is 1. The van der Waals surface area contributed by atoms with Gasteiger partial charge < -0.3 is 14.2 Å². The van der Waals surface area contributed by atoms with Crippen molar-refractivity contribution in [3.63, 3.8) is 0 Å². The first kappa shape index (κ1) is 17.7. The fourth-order valence-corrected chi connectivity index (χ4v) is 2.60. The molecule has 1 heterocycles. The SMILES string of the molecule is COc1ccc(OC)c(/C=C2\N=C(CCc3cccc(F)c3)OC2=O)c1. The number of halogens is 1. The molecule has 0 saturated heterocycles. The molecule has 0 saturated carbocycles. The Labute approximate surface area is 150 Å². The van der Waals surface area contributed by atoms with Crippen LogP contribution in [0.2, 0.25) is 0 Å². The second-order valence-corrected chi connectivity index (χ2v) is 5.66. The topological polar surface area (TPSA) is 57.1 Å². The fraction of sp³-hybridized carbons (Fsp3) is 0.200. The molecule has 0 bridgehead atoms. The summed E-state index contributed by atoms with van der Waals surface area (Å²) in [5.74, 6) is 0.726. The molecule has 0 spiro atoms. The Hall–Kier alpha value is -3.15. The van der Waals surface area contributed by atoms with Crippen LogP contribution in [0.5, 0.6) is 11.5 Å². The van der Waals surface area contributed by atoms with Gasteiger partial charge in [0.1, 0.15) is 17.3 Å². The average Bonchev–Trinajstić information content (AvgIpc) is 2.99. The highest BCUT2D eigenvalue weighted by Crippen LogP contribution is 2.28. The van der Waals surface area contributed by atoms with Gasteiger partial charge in [-0.25, -0.2) is 14.2 Å². The Balaban J connectivity index is 1.78. The van der Waals surface area contributed by atoms with E-state index < -0.39 is 5.97 Å². The molecule has 1 aliphatic rings. The normalized spacial score (nSPS) is 15.0. The predicted octanol–water partition coefficient (Wildman–Crippen LogP) is 3.77. The van der Waals surface area contributed by atoms with Crippen LogP contribution < -0.4 is 9.47 Å². The van der Waals surface area contributed by atoms with Crippen molar-refractivity contribution >= 4 is 17.9 Å². The van der Waals surface area contributed by atoms with Crippen LogP contribution in [0.1, 0.15) is 17.5 Å². The second kappa shape index (κ2) is 7.82. The van der Waals surface area contributed by atoms with E-state index in [0.29, 0.717) is 35.8 Å². The molecule has 0 amide bonds. The van der Waals surface area contributed by atoms with Gasteiger partial charge in [0.25, 0.3) is 0 Å². The van der Waals surface area contributed by atoms with Crippen LogP contribution in [0.15, 0.2) is 53.2 Å². The number of esters is 1. The number of aryl methyl sites for hydroxylation is 1. The Morgan fingerprint density at radius 3 is 2.69 bits per heavy atom. The Morgan fingerprint density at radius 2 is 1.96 bits per heavy atom. The number of carbonyl (C=O) groups excluding carboxylic acids is 1. The van der Waals surface area contributed by atoms with Crippen molar-refractivity contribution in [3.05, 3.63) is 65.1 Å². The van der Waals surface area contributed by atoms with Crippen LogP contribution in [0.4, 0.5) is 4.39 Å². The van der Waals surface area contributed by atoms with Gasteiger partial charge in [-0.1, -0.05) is 12.1 Å². The number of nitrogens with zero attached hydrogens (tertiary/aromatic N) is 1. The zero-order chi connectivity index (χ0) is 18.5. The summed E-state index contributed by atoms with van der Waals surface area (Å²) in [5, 5.41) is 0. The number of aliphatic imine (C=N–C) groups is 1. The van der Waals surface area contributed by atoms with Crippen LogP contribution in [0, 0.1) is 5.82 Å². The molecule has 3 rings (SSSR count). The summed E-state index contributed by atoms with van der Waals surface area (Å²) in [5.41, 5.74) is 1.66. The van der Waals surface area contributed by atoms with E-state index in [0.717, 1.165) is 5.56 Å². The van der Waals surface area contributed by atoms with E-state index in [9.17, 15) is 9.18 Å². The maximum Gasteiger partial charge on any atom is 0.363 e. The number of benzene rings is 2. The van der Waals surface area contributed by atoms with Gasteiger partial charge >= 0.3 is 5.97 Å². The number of rotatable bonds is 6. The first-order valence-electron chi connectivity index (χ1n) is 8.07. The summed E-state index contributed by atoms with van der Waals surface area (Å²) in [6.07, 6.45) is 2.53. The largest absolute Gasteiger partial charge is 0.497 e. The van der Waals surface area contributed by atoms with Crippen LogP contribution in [-0.4, -0.2) is 26.1 Å². The highest BCUT2D eigenvalue weighted by atomic mass is 19.1. The molecular formula is C20H18FNO4. The van der Waals surface area contributed by atoms with E-state index in [1.165, 1.54) is 12.1 Å². The van der Waals surface area contributed by atoms with Gasteiger partial charge in [-0.05, 0) is 48.4 Å². The molecule has 0 aliphatic carbocycles. The molecule has 134 valence electrons. The zero-order valence-corrected chi connectivity index (χ0v) is 14.5. The summed E-state index contributed by atoms with van der Waals surface area (Å²) in [6, 6.07) is 11.6. The van der Waals surface area contributed by atoms with Gasteiger partial charge in [0, 0.05) is 12.0 Å². The van der Waals surface area contributed by atoms with Crippen molar-refractivity contribution in [3.8, 4) is 11.5 Å². The third-order valence-electron chi connectivity index (χ3n) is 3.91. The minimum absolute atomic E-state index is 0.186. The molecule has 0 fully saturated rings. The van der Waals surface area contributed by atoms with Crippen LogP contribution in [0.3, 0.4) is 0 Å². The lowest BCUT2D eigenvalue weighted by Gasteiger charge is -2.07. The molecule has 0 radical (unpaired) electrons. The average molecular weight is 355 g/mol. The van der Waals surface area contributed by atoms with E-state index in [1.54, 1.807) is 44.6 Å².